The summed E-state index contributed by atoms with van der Waals surface area (Å²) in [7, 11) is 1.73. The van der Waals surface area contributed by atoms with Crippen molar-refractivity contribution in [2.24, 2.45) is 7.05 Å². The van der Waals surface area contributed by atoms with Crippen LogP contribution in [0.5, 0.6) is 0 Å². The fourth-order valence-electron chi connectivity index (χ4n) is 2.04. The van der Waals surface area contributed by atoms with Crippen LogP contribution < -0.4 is 5.56 Å². The Morgan fingerprint density at radius 1 is 1.44 bits per heavy atom. The quantitative estimate of drug-likeness (QED) is 0.701. The van der Waals surface area contributed by atoms with Crippen molar-refractivity contribution in [3.05, 3.63) is 38.8 Å². The van der Waals surface area contributed by atoms with E-state index in [1.165, 1.54) is 5.57 Å². The van der Waals surface area contributed by atoms with Crippen molar-refractivity contribution in [1.29, 1.82) is 0 Å². The van der Waals surface area contributed by atoms with Gasteiger partial charge in [0, 0.05) is 29.9 Å². The fraction of sp³-hybridized carbons (Fsp3) is 0.400. The highest BCUT2D eigenvalue weighted by molar-refractivity contribution is 5.68. The van der Waals surface area contributed by atoms with Gasteiger partial charge < -0.3 is 9.67 Å². The van der Waals surface area contributed by atoms with E-state index in [0.717, 1.165) is 16.7 Å². The van der Waals surface area contributed by atoms with E-state index in [9.17, 15) is 9.90 Å². The third-order valence-electron chi connectivity index (χ3n) is 2.87. The summed E-state index contributed by atoms with van der Waals surface area (Å²) in [5, 5.41) is 9.65. The molecule has 0 amide bonds. The number of rotatable bonds is 0. The number of fused-ring (bicyclic) bond motifs is 1. The summed E-state index contributed by atoms with van der Waals surface area (Å²) in [5.41, 5.74) is 2.68. The number of aromatic nitrogens is 1. The van der Waals surface area contributed by atoms with Crippen molar-refractivity contribution in [3.63, 3.8) is 0 Å². The maximum Gasteiger partial charge on any atom is 0.254 e. The third-order valence-corrected chi connectivity index (χ3v) is 2.87. The maximum atomic E-state index is 12.0. The van der Waals surface area contributed by atoms with Crippen molar-refractivity contribution in [2.75, 3.05) is 0 Å². The molecular formula is C15H17NO2. The molecule has 0 saturated carbocycles. The van der Waals surface area contributed by atoms with Gasteiger partial charge in [-0.05, 0) is 27.2 Å². The lowest BCUT2D eigenvalue weighted by Crippen LogP contribution is -2.22. The molecule has 18 heavy (non-hydrogen) atoms. The highest BCUT2D eigenvalue weighted by Gasteiger charge is 2.18. The predicted molar refractivity (Wildman–Crippen MR) is 72.2 cm³/mol. The van der Waals surface area contributed by atoms with E-state index >= 15 is 0 Å². The van der Waals surface area contributed by atoms with Gasteiger partial charge in [-0.25, -0.2) is 0 Å². The SMILES string of the molecule is CC1=Cc2c(C#CC(C)(C)O)cn(C)c(=O)c2C1. The van der Waals surface area contributed by atoms with Crippen LogP contribution in [0.1, 0.15) is 37.5 Å². The van der Waals surface area contributed by atoms with Crippen LogP contribution in [0, 0.1) is 11.8 Å². The second-order valence-corrected chi connectivity index (χ2v) is 5.33. The van der Waals surface area contributed by atoms with Gasteiger partial charge in [0.2, 0.25) is 0 Å². The van der Waals surface area contributed by atoms with E-state index in [4.69, 9.17) is 0 Å². The summed E-state index contributed by atoms with van der Waals surface area (Å²) in [5.74, 6) is 5.76. The highest BCUT2D eigenvalue weighted by atomic mass is 16.3. The fourth-order valence-corrected chi connectivity index (χ4v) is 2.04. The Hall–Kier alpha value is -1.79. The number of aryl methyl sites for hydroxylation is 1. The lowest BCUT2D eigenvalue weighted by Gasteiger charge is -2.08. The van der Waals surface area contributed by atoms with Crippen LogP contribution in [0.2, 0.25) is 0 Å². The average molecular weight is 243 g/mol. The number of hydrogen-bond acceptors (Lipinski definition) is 2. The Morgan fingerprint density at radius 2 is 2.11 bits per heavy atom. The van der Waals surface area contributed by atoms with Gasteiger partial charge in [-0.15, -0.1) is 0 Å². The van der Waals surface area contributed by atoms with Gasteiger partial charge in [0.25, 0.3) is 5.56 Å². The van der Waals surface area contributed by atoms with E-state index in [1.54, 1.807) is 31.7 Å². The summed E-state index contributed by atoms with van der Waals surface area (Å²) in [4.78, 5) is 12.0. The highest BCUT2D eigenvalue weighted by Crippen LogP contribution is 2.24. The molecule has 0 bridgehead atoms. The van der Waals surface area contributed by atoms with Crippen LogP contribution in [0.15, 0.2) is 16.6 Å². The third kappa shape index (κ3) is 2.39. The molecule has 3 heteroatoms. The van der Waals surface area contributed by atoms with Crippen LogP contribution in [-0.2, 0) is 13.5 Å². The smallest absolute Gasteiger partial charge is 0.254 e. The Morgan fingerprint density at radius 3 is 2.72 bits per heavy atom. The minimum atomic E-state index is -1.03. The molecule has 0 aromatic carbocycles. The summed E-state index contributed by atoms with van der Waals surface area (Å²) in [6.07, 6.45) is 4.43. The molecule has 1 aromatic heterocycles. The molecule has 2 rings (SSSR count). The van der Waals surface area contributed by atoms with Crippen LogP contribution in [-0.4, -0.2) is 15.3 Å². The van der Waals surface area contributed by atoms with Crippen molar-refractivity contribution < 1.29 is 5.11 Å². The molecule has 94 valence electrons. The minimum absolute atomic E-state index is 0.0342. The monoisotopic (exact) mass is 243 g/mol. The summed E-state index contributed by atoms with van der Waals surface area (Å²) < 4.78 is 1.56. The van der Waals surface area contributed by atoms with E-state index < -0.39 is 5.60 Å². The molecule has 1 aliphatic carbocycles. The first-order valence-corrected chi connectivity index (χ1v) is 5.93. The lowest BCUT2D eigenvalue weighted by atomic mass is 10.1. The Kier molecular flexibility index (Phi) is 2.92. The van der Waals surface area contributed by atoms with Crippen LogP contribution in [0.3, 0.4) is 0 Å². The van der Waals surface area contributed by atoms with E-state index in [2.05, 4.69) is 11.8 Å². The molecule has 0 spiro atoms. The van der Waals surface area contributed by atoms with Crippen molar-refractivity contribution in [1.82, 2.24) is 4.57 Å². The molecule has 1 aliphatic rings. The van der Waals surface area contributed by atoms with Gasteiger partial charge in [0.15, 0.2) is 0 Å². The zero-order valence-electron chi connectivity index (χ0n) is 11.2. The van der Waals surface area contributed by atoms with Gasteiger partial charge in [-0.3, -0.25) is 4.79 Å². The standard InChI is InChI=1S/C15H17NO2/c1-10-7-12-11(5-6-15(2,3)18)9-16(4)14(17)13(12)8-10/h7,9,18H,8H2,1-4H3. The molecule has 1 N–H and O–H groups in total. The minimum Gasteiger partial charge on any atom is -0.378 e. The van der Waals surface area contributed by atoms with E-state index in [0.29, 0.717) is 6.42 Å². The number of pyridine rings is 1. The van der Waals surface area contributed by atoms with Crippen LogP contribution >= 0.6 is 0 Å². The van der Waals surface area contributed by atoms with Gasteiger partial charge in [0.1, 0.15) is 5.60 Å². The topological polar surface area (TPSA) is 42.2 Å². The van der Waals surface area contributed by atoms with E-state index in [-0.39, 0.29) is 5.56 Å². The van der Waals surface area contributed by atoms with Crippen LogP contribution in [0.4, 0.5) is 0 Å². The summed E-state index contributed by atoms with van der Waals surface area (Å²) >= 11 is 0. The summed E-state index contributed by atoms with van der Waals surface area (Å²) in [6, 6.07) is 0. The Labute approximate surface area is 107 Å². The van der Waals surface area contributed by atoms with Crippen LogP contribution in [0.25, 0.3) is 6.08 Å². The van der Waals surface area contributed by atoms with Crippen molar-refractivity contribution in [2.45, 2.75) is 32.8 Å². The Balaban J connectivity index is 2.62. The molecule has 1 aromatic rings. The second-order valence-electron chi connectivity index (χ2n) is 5.33. The average Bonchev–Trinajstić information content (AvgIpc) is 2.62. The number of nitrogens with zero attached hydrogens (tertiary/aromatic N) is 1. The molecule has 3 nitrogen and oxygen atoms in total. The van der Waals surface area contributed by atoms with Gasteiger partial charge >= 0.3 is 0 Å². The second kappa shape index (κ2) is 4.15. The normalized spacial score (nSPS) is 13.7. The zero-order chi connectivity index (χ0) is 13.5. The molecule has 0 unspecified atom stereocenters. The molecule has 0 saturated heterocycles. The molecule has 0 fully saturated rings. The van der Waals surface area contributed by atoms with Gasteiger partial charge in [-0.2, -0.15) is 0 Å². The summed E-state index contributed by atoms with van der Waals surface area (Å²) in [6.45, 7) is 5.29. The lowest BCUT2D eigenvalue weighted by molar-refractivity contribution is 0.143. The number of aliphatic hydroxyl groups is 1. The molecule has 0 aliphatic heterocycles. The maximum absolute atomic E-state index is 12.0. The van der Waals surface area contributed by atoms with Gasteiger partial charge in [-0.1, -0.05) is 23.5 Å². The molecular weight excluding hydrogens is 226 g/mol. The van der Waals surface area contributed by atoms with Crippen molar-refractivity contribution in [3.8, 4) is 11.8 Å². The number of allylic oxidation sites excluding steroid dienone is 1. The molecule has 0 atom stereocenters. The largest absolute Gasteiger partial charge is 0.378 e. The first-order chi connectivity index (χ1) is 8.28. The first-order valence-electron chi connectivity index (χ1n) is 5.93. The first kappa shape index (κ1) is 12.7. The Bertz CT molecular complexity index is 646. The molecule has 0 radical (unpaired) electrons. The predicted octanol–water partition coefficient (Wildman–Crippen LogP) is 1.47. The van der Waals surface area contributed by atoms with E-state index in [1.807, 2.05) is 13.0 Å². The van der Waals surface area contributed by atoms with Crippen molar-refractivity contribution >= 4 is 6.08 Å². The van der Waals surface area contributed by atoms with Gasteiger partial charge in [0.05, 0.1) is 0 Å². The zero-order valence-corrected chi connectivity index (χ0v) is 11.2. The molecule has 1 heterocycles. The number of hydrogen-bond donors (Lipinski definition) is 1.